The highest BCUT2D eigenvalue weighted by molar-refractivity contribution is 4.93. The number of rotatable bonds is 4. The monoisotopic (exact) mass is 271 g/mol. The van der Waals surface area contributed by atoms with Gasteiger partial charge in [-0.05, 0) is 46.1 Å². The van der Waals surface area contributed by atoms with Crippen molar-refractivity contribution in [1.82, 2.24) is 4.90 Å². The van der Waals surface area contributed by atoms with Crippen molar-refractivity contribution in [3.63, 3.8) is 0 Å². The van der Waals surface area contributed by atoms with E-state index in [1.807, 2.05) is 13.8 Å². The molecule has 2 rings (SSSR count). The Labute approximate surface area is 117 Å². The van der Waals surface area contributed by atoms with Crippen LogP contribution >= 0.6 is 0 Å². The number of nitrogens with zero attached hydrogens (tertiary/aromatic N) is 1. The van der Waals surface area contributed by atoms with E-state index in [9.17, 15) is 5.11 Å². The number of ether oxygens (including phenoxy) is 2. The molecule has 2 fully saturated rings. The summed E-state index contributed by atoms with van der Waals surface area (Å²) in [5.41, 5.74) is -0.592. The van der Waals surface area contributed by atoms with Crippen LogP contribution in [0, 0.1) is 0 Å². The molecule has 2 aliphatic heterocycles. The smallest absolute Gasteiger partial charge is 0.0741 e. The lowest BCUT2D eigenvalue weighted by Gasteiger charge is -2.47. The molecule has 0 radical (unpaired) electrons. The number of likely N-dealkylation sites (N-methyl/N-ethyl adjacent to an activating group) is 1. The number of hydrogen-bond donors (Lipinski definition) is 1. The molecule has 4 heteroatoms. The van der Waals surface area contributed by atoms with Crippen molar-refractivity contribution in [3.8, 4) is 0 Å². The molecule has 1 N–H and O–H groups in total. The Bertz CT molecular complexity index is 276. The van der Waals surface area contributed by atoms with E-state index < -0.39 is 5.60 Å². The van der Waals surface area contributed by atoms with Crippen LogP contribution in [0.15, 0.2) is 0 Å². The molecule has 0 amide bonds. The normalized spacial score (nSPS) is 27.9. The van der Waals surface area contributed by atoms with Crippen molar-refractivity contribution >= 4 is 0 Å². The van der Waals surface area contributed by atoms with Crippen molar-refractivity contribution in [3.05, 3.63) is 0 Å². The average molecular weight is 271 g/mol. The van der Waals surface area contributed by atoms with Crippen LogP contribution in [0.1, 0.15) is 46.5 Å². The molecule has 1 unspecified atom stereocenters. The molecular weight excluding hydrogens is 242 g/mol. The predicted octanol–water partition coefficient (Wildman–Crippen LogP) is 1.81. The second-order valence-corrected chi connectivity index (χ2v) is 6.67. The minimum absolute atomic E-state index is 0.0359. The fraction of sp³-hybridized carbons (Fsp3) is 1.00. The van der Waals surface area contributed by atoms with Gasteiger partial charge >= 0.3 is 0 Å². The molecule has 112 valence electrons. The third kappa shape index (κ3) is 4.15. The van der Waals surface area contributed by atoms with Crippen LogP contribution in [0.25, 0.3) is 0 Å². The van der Waals surface area contributed by atoms with E-state index in [0.29, 0.717) is 6.04 Å². The van der Waals surface area contributed by atoms with Crippen LogP contribution in [-0.4, -0.2) is 60.2 Å². The average Bonchev–Trinajstić information content (AvgIpc) is 2.36. The molecule has 1 spiro atoms. The van der Waals surface area contributed by atoms with Gasteiger partial charge in [0, 0.05) is 32.4 Å². The van der Waals surface area contributed by atoms with Gasteiger partial charge in [0.1, 0.15) is 0 Å². The highest BCUT2D eigenvalue weighted by atomic mass is 16.5. The molecule has 19 heavy (non-hydrogen) atoms. The third-order valence-electron chi connectivity index (χ3n) is 4.38. The molecule has 0 bridgehead atoms. The highest BCUT2D eigenvalue weighted by Crippen LogP contribution is 2.36. The molecule has 0 aromatic carbocycles. The Morgan fingerprint density at radius 2 is 1.95 bits per heavy atom. The summed E-state index contributed by atoms with van der Waals surface area (Å²) in [5.74, 6) is 0. The lowest BCUT2D eigenvalue weighted by atomic mass is 9.83. The summed E-state index contributed by atoms with van der Waals surface area (Å²) >= 11 is 0. The number of aliphatic hydroxyl groups is 1. The van der Waals surface area contributed by atoms with E-state index in [2.05, 4.69) is 11.8 Å². The van der Waals surface area contributed by atoms with Gasteiger partial charge in [0.25, 0.3) is 0 Å². The maximum atomic E-state index is 10.1. The van der Waals surface area contributed by atoms with Gasteiger partial charge in [0.05, 0.1) is 11.2 Å². The van der Waals surface area contributed by atoms with Gasteiger partial charge in [-0.1, -0.05) is 6.92 Å². The van der Waals surface area contributed by atoms with Gasteiger partial charge in [0.2, 0.25) is 0 Å². The SMILES string of the molecule is CCN(CC(C)(C)O)C1CCOC2(CCOCC2)C1. The quantitative estimate of drug-likeness (QED) is 0.847. The molecule has 0 aliphatic carbocycles. The van der Waals surface area contributed by atoms with Gasteiger partial charge in [-0.15, -0.1) is 0 Å². The summed E-state index contributed by atoms with van der Waals surface area (Å²) in [5, 5.41) is 10.1. The van der Waals surface area contributed by atoms with E-state index in [1.165, 1.54) is 0 Å². The summed E-state index contributed by atoms with van der Waals surface area (Å²) in [4.78, 5) is 2.42. The minimum Gasteiger partial charge on any atom is -0.389 e. The maximum absolute atomic E-state index is 10.1. The molecule has 0 aromatic rings. The van der Waals surface area contributed by atoms with Crippen LogP contribution < -0.4 is 0 Å². The van der Waals surface area contributed by atoms with Crippen molar-refractivity contribution in [1.29, 1.82) is 0 Å². The first-order valence-electron chi connectivity index (χ1n) is 7.62. The van der Waals surface area contributed by atoms with E-state index in [0.717, 1.165) is 58.6 Å². The second kappa shape index (κ2) is 6.08. The fourth-order valence-corrected chi connectivity index (χ4v) is 3.40. The molecule has 0 aromatic heterocycles. The topological polar surface area (TPSA) is 41.9 Å². The Hall–Kier alpha value is -0.160. The zero-order valence-corrected chi connectivity index (χ0v) is 12.7. The lowest BCUT2D eigenvalue weighted by molar-refractivity contribution is -0.154. The van der Waals surface area contributed by atoms with Crippen LogP contribution in [-0.2, 0) is 9.47 Å². The molecule has 2 aliphatic rings. The largest absolute Gasteiger partial charge is 0.389 e. The van der Waals surface area contributed by atoms with Gasteiger partial charge in [-0.25, -0.2) is 0 Å². The molecule has 0 saturated carbocycles. The van der Waals surface area contributed by atoms with Crippen molar-refractivity contribution in [2.24, 2.45) is 0 Å². The minimum atomic E-state index is -0.628. The first-order chi connectivity index (χ1) is 8.94. The predicted molar refractivity (Wildman–Crippen MR) is 75.3 cm³/mol. The van der Waals surface area contributed by atoms with Crippen LogP contribution in [0.2, 0.25) is 0 Å². The molecule has 1 atom stereocenters. The van der Waals surface area contributed by atoms with Crippen LogP contribution in [0.5, 0.6) is 0 Å². The first-order valence-corrected chi connectivity index (χ1v) is 7.62. The van der Waals surface area contributed by atoms with E-state index >= 15 is 0 Å². The van der Waals surface area contributed by atoms with E-state index in [1.54, 1.807) is 0 Å². The Kier molecular flexibility index (Phi) is 4.88. The summed E-state index contributed by atoms with van der Waals surface area (Å²) in [6.45, 7) is 10.2. The third-order valence-corrected chi connectivity index (χ3v) is 4.38. The molecule has 4 nitrogen and oxygen atoms in total. The fourth-order valence-electron chi connectivity index (χ4n) is 3.40. The van der Waals surface area contributed by atoms with Crippen LogP contribution in [0.4, 0.5) is 0 Å². The maximum Gasteiger partial charge on any atom is 0.0741 e. The summed E-state index contributed by atoms with van der Waals surface area (Å²) < 4.78 is 11.6. The van der Waals surface area contributed by atoms with E-state index in [-0.39, 0.29) is 5.60 Å². The van der Waals surface area contributed by atoms with Gasteiger partial charge in [-0.2, -0.15) is 0 Å². The molecule has 2 heterocycles. The van der Waals surface area contributed by atoms with Gasteiger partial charge in [-0.3, -0.25) is 4.90 Å². The standard InChI is InChI=1S/C15H29NO3/c1-4-16(12-14(2,3)17)13-5-8-19-15(11-13)6-9-18-10-7-15/h13,17H,4-12H2,1-3H3. The summed E-state index contributed by atoms with van der Waals surface area (Å²) in [6.07, 6.45) is 4.19. The number of hydrogen-bond acceptors (Lipinski definition) is 4. The Morgan fingerprint density at radius 3 is 2.53 bits per heavy atom. The van der Waals surface area contributed by atoms with Gasteiger partial charge < -0.3 is 14.6 Å². The Morgan fingerprint density at radius 1 is 1.26 bits per heavy atom. The summed E-state index contributed by atoms with van der Waals surface area (Å²) in [7, 11) is 0. The zero-order valence-electron chi connectivity index (χ0n) is 12.7. The van der Waals surface area contributed by atoms with Gasteiger partial charge in [0.15, 0.2) is 0 Å². The second-order valence-electron chi connectivity index (χ2n) is 6.67. The Balaban J connectivity index is 1.98. The lowest BCUT2D eigenvalue weighted by Crippen LogP contribution is -2.53. The highest BCUT2D eigenvalue weighted by Gasteiger charge is 2.41. The first kappa shape index (κ1) is 15.2. The zero-order chi connectivity index (χ0) is 13.9. The van der Waals surface area contributed by atoms with E-state index in [4.69, 9.17) is 9.47 Å². The van der Waals surface area contributed by atoms with Crippen molar-refractivity contribution in [2.75, 3.05) is 32.9 Å². The summed E-state index contributed by atoms with van der Waals surface area (Å²) in [6, 6.07) is 0.531. The molecular formula is C15H29NO3. The van der Waals surface area contributed by atoms with Crippen molar-refractivity contribution < 1.29 is 14.6 Å². The molecule has 2 saturated heterocycles. The van der Waals surface area contributed by atoms with Crippen molar-refractivity contribution in [2.45, 2.75) is 63.7 Å². The van der Waals surface area contributed by atoms with Crippen LogP contribution in [0.3, 0.4) is 0 Å².